The molecule has 5 N–H and O–H groups in total. The summed E-state index contributed by atoms with van der Waals surface area (Å²) in [6.45, 7) is 1.79. The minimum atomic E-state index is -3.51. The number of rotatable bonds is 6. The number of benzene rings is 1. The number of carbonyl (C=O) groups excluding carboxylic acids is 1. The van der Waals surface area contributed by atoms with E-state index in [4.69, 9.17) is 11.5 Å². The molecule has 7 nitrogen and oxygen atoms in total. The van der Waals surface area contributed by atoms with Gasteiger partial charge >= 0.3 is 0 Å². The maximum absolute atomic E-state index is 12.0. The molecule has 0 bridgehead atoms. The van der Waals surface area contributed by atoms with Crippen LogP contribution >= 0.6 is 0 Å². The molecule has 0 saturated carbocycles. The van der Waals surface area contributed by atoms with E-state index in [1.54, 1.807) is 13.0 Å². The average Bonchev–Trinajstić information content (AvgIpc) is 2.30. The van der Waals surface area contributed by atoms with Gasteiger partial charge in [0.15, 0.2) is 0 Å². The first-order valence-corrected chi connectivity index (χ1v) is 7.45. The third-order valence-corrected chi connectivity index (χ3v) is 4.52. The third-order valence-electron chi connectivity index (χ3n) is 2.71. The van der Waals surface area contributed by atoms with Gasteiger partial charge in [-0.3, -0.25) is 4.79 Å². The predicted octanol–water partition coefficient (Wildman–Crippen LogP) is 0.195. The molecule has 1 amide bonds. The fraction of sp³-hybridized carbons (Fsp3) is 0.417. The van der Waals surface area contributed by atoms with Gasteiger partial charge in [-0.05, 0) is 25.1 Å². The molecule has 0 aliphatic heterocycles. The van der Waals surface area contributed by atoms with Crippen LogP contribution in [-0.4, -0.2) is 38.8 Å². The number of anilines is 2. The Hall–Kier alpha value is -1.80. The number of carbonyl (C=O) groups is 1. The van der Waals surface area contributed by atoms with Crippen LogP contribution in [0.25, 0.3) is 0 Å². The summed E-state index contributed by atoms with van der Waals surface area (Å²) in [5, 5.41) is 3.02. The Morgan fingerprint density at radius 1 is 1.40 bits per heavy atom. The van der Waals surface area contributed by atoms with Crippen LogP contribution in [0.2, 0.25) is 0 Å². The van der Waals surface area contributed by atoms with Crippen LogP contribution in [0.4, 0.5) is 11.4 Å². The molecule has 0 saturated heterocycles. The van der Waals surface area contributed by atoms with E-state index >= 15 is 0 Å². The highest BCUT2D eigenvalue weighted by Crippen LogP contribution is 2.24. The zero-order valence-corrected chi connectivity index (χ0v) is 12.6. The normalized spacial score (nSPS) is 13.2. The Labute approximate surface area is 119 Å². The Bertz CT molecular complexity index is 599. The summed E-state index contributed by atoms with van der Waals surface area (Å²) < 4.78 is 25.0. The highest BCUT2D eigenvalue weighted by molar-refractivity contribution is 7.89. The van der Waals surface area contributed by atoms with E-state index in [1.165, 1.54) is 26.2 Å². The van der Waals surface area contributed by atoms with Crippen molar-refractivity contribution in [1.29, 1.82) is 0 Å². The lowest BCUT2D eigenvalue weighted by atomic mass is 10.2. The van der Waals surface area contributed by atoms with Gasteiger partial charge in [0.05, 0.1) is 16.3 Å². The van der Waals surface area contributed by atoms with Crippen molar-refractivity contribution in [2.24, 2.45) is 5.73 Å². The Morgan fingerprint density at radius 3 is 2.45 bits per heavy atom. The molecule has 0 fully saturated rings. The van der Waals surface area contributed by atoms with Crippen LogP contribution in [0.3, 0.4) is 0 Å². The van der Waals surface area contributed by atoms with Gasteiger partial charge in [0, 0.05) is 26.6 Å². The van der Waals surface area contributed by atoms with Gasteiger partial charge in [0.25, 0.3) is 0 Å². The fourth-order valence-electron chi connectivity index (χ4n) is 1.66. The summed E-state index contributed by atoms with van der Waals surface area (Å²) in [5.41, 5.74) is 11.8. The summed E-state index contributed by atoms with van der Waals surface area (Å²) in [6, 6.07) is 4.23. The molecule has 1 atom stereocenters. The number of nitrogens with two attached hydrogens (primary N) is 2. The summed E-state index contributed by atoms with van der Waals surface area (Å²) in [5.74, 6) is -0.421. The zero-order chi connectivity index (χ0) is 15.5. The molecule has 0 aliphatic rings. The standard InChI is InChI=1S/C12H20N4O3S/c1-8(6-12(14)17)15-11-5-4-9(7-10(11)13)20(18,19)16(2)3/h4-5,7-8,15H,6,13H2,1-3H3,(H2,14,17). The Kier molecular flexibility index (Phi) is 4.96. The van der Waals surface area contributed by atoms with Crippen molar-refractivity contribution < 1.29 is 13.2 Å². The SMILES string of the molecule is CC(CC(N)=O)Nc1ccc(S(=O)(=O)N(C)C)cc1N. The number of hydrogen-bond donors (Lipinski definition) is 3. The second-order valence-corrected chi connectivity index (χ2v) is 6.90. The van der Waals surface area contributed by atoms with Gasteiger partial charge in [-0.2, -0.15) is 0 Å². The van der Waals surface area contributed by atoms with Gasteiger partial charge in [-0.15, -0.1) is 0 Å². The largest absolute Gasteiger partial charge is 0.397 e. The van der Waals surface area contributed by atoms with Crippen molar-refractivity contribution >= 4 is 27.3 Å². The van der Waals surface area contributed by atoms with Gasteiger partial charge in [-0.1, -0.05) is 0 Å². The maximum atomic E-state index is 12.0. The van der Waals surface area contributed by atoms with E-state index in [9.17, 15) is 13.2 Å². The quantitative estimate of drug-likeness (QED) is 0.648. The number of nitrogens with one attached hydrogen (secondary N) is 1. The molecular weight excluding hydrogens is 280 g/mol. The molecule has 112 valence electrons. The first kappa shape index (κ1) is 16.3. The molecule has 8 heteroatoms. The van der Waals surface area contributed by atoms with Crippen molar-refractivity contribution in [2.45, 2.75) is 24.3 Å². The molecule has 0 aromatic heterocycles. The molecule has 1 aromatic rings. The molecule has 0 spiro atoms. The summed E-state index contributed by atoms with van der Waals surface area (Å²) in [6.07, 6.45) is 0.164. The van der Waals surface area contributed by atoms with Gasteiger partial charge < -0.3 is 16.8 Å². The number of nitrogens with zero attached hydrogens (tertiary/aromatic N) is 1. The average molecular weight is 300 g/mol. The van der Waals surface area contributed by atoms with E-state index in [2.05, 4.69) is 5.32 Å². The molecule has 0 heterocycles. The van der Waals surface area contributed by atoms with Gasteiger partial charge in [0.1, 0.15) is 0 Å². The lowest BCUT2D eigenvalue weighted by molar-refractivity contribution is -0.118. The monoisotopic (exact) mass is 300 g/mol. The molecule has 0 aliphatic carbocycles. The summed E-state index contributed by atoms with van der Waals surface area (Å²) in [4.78, 5) is 10.9. The summed E-state index contributed by atoms with van der Waals surface area (Å²) in [7, 11) is -0.610. The van der Waals surface area contributed by atoms with E-state index in [-0.39, 0.29) is 17.4 Å². The van der Waals surface area contributed by atoms with Crippen molar-refractivity contribution in [3.05, 3.63) is 18.2 Å². The highest BCUT2D eigenvalue weighted by atomic mass is 32.2. The molecule has 20 heavy (non-hydrogen) atoms. The second-order valence-electron chi connectivity index (χ2n) is 4.75. The van der Waals surface area contributed by atoms with Crippen molar-refractivity contribution in [3.63, 3.8) is 0 Å². The molecule has 0 radical (unpaired) electrons. The molecular formula is C12H20N4O3S. The number of hydrogen-bond acceptors (Lipinski definition) is 5. The highest BCUT2D eigenvalue weighted by Gasteiger charge is 2.18. The van der Waals surface area contributed by atoms with E-state index in [0.717, 1.165) is 4.31 Å². The fourth-order valence-corrected chi connectivity index (χ4v) is 2.60. The number of amides is 1. The third kappa shape index (κ3) is 3.84. The Balaban J connectivity index is 2.97. The second kappa shape index (κ2) is 6.10. The lowest BCUT2D eigenvalue weighted by Gasteiger charge is -2.17. The van der Waals surface area contributed by atoms with Crippen molar-refractivity contribution in [3.8, 4) is 0 Å². The molecule has 1 rings (SSSR count). The first-order valence-electron chi connectivity index (χ1n) is 6.01. The van der Waals surface area contributed by atoms with E-state index < -0.39 is 15.9 Å². The van der Waals surface area contributed by atoms with Crippen LogP contribution in [0, 0.1) is 0 Å². The van der Waals surface area contributed by atoms with Crippen LogP contribution in [0.1, 0.15) is 13.3 Å². The smallest absolute Gasteiger partial charge is 0.242 e. The number of sulfonamides is 1. The van der Waals surface area contributed by atoms with Crippen LogP contribution in [-0.2, 0) is 14.8 Å². The summed E-state index contributed by atoms with van der Waals surface area (Å²) >= 11 is 0. The minimum absolute atomic E-state index is 0.119. The molecule has 1 aromatic carbocycles. The lowest BCUT2D eigenvalue weighted by Crippen LogP contribution is -2.25. The first-order chi connectivity index (χ1) is 9.14. The van der Waals surface area contributed by atoms with Crippen LogP contribution in [0.15, 0.2) is 23.1 Å². The predicted molar refractivity (Wildman–Crippen MR) is 78.6 cm³/mol. The van der Waals surface area contributed by atoms with E-state index in [0.29, 0.717) is 11.4 Å². The molecule has 1 unspecified atom stereocenters. The van der Waals surface area contributed by atoms with Crippen molar-refractivity contribution in [2.75, 3.05) is 25.1 Å². The maximum Gasteiger partial charge on any atom is 0.242 e. The Morgan fingerprint density at radius 2 is 2.00 bits per heavy atom. The minimum Gasteiger partial charge on any atom is -0.397 e. The van der Waals surface area contributed by atoms with Crippen LogP contribution < -0.4 is 16.8 Å². The van der Waals surface area contributed by atoms with Crippen molar-refractivity contribution in [1.82, 2.24) is 4.31 Å². The van der Waals surface area contributed by atoms with Crippen LogP contribution in [0.5, 0.6) is 0 Å². The van der Waals surface area contributed by atoms with Gasteiger partial charge in [-0.25, -0.2) is 12.7 Å². The van der Waals surface area contributed by atoms with Gasteiger partial charge in [0.2, 0.25) is 15.9 Å². The van der Waals surface area contributed by atoms with E-state index in [1.807, 2.05) is 0 Å². The zero-order valence-electron chi connectivity index (χ0n) is 11.8. The number of nitrogen functional groups attached to an aromatic ring is 1. The number of primary amides is 1. The topological polar surface area (TPSA) is 119 Å².